The zero-order chi connectivity index (χ0) is 37.2. The molecule has 7 N–H and O–H groups in total. The van der Waals surface area contributed by atoms with Gasteiger partial charge in [-0.2, -0.15) is 5.12 Å². The molecule has 0 aromatic heterocycles. The summed E-state index contributed by atoms with van der Waals surface area (Å²) >= 11 is 1.91. The summed E-state index contributed by atoms with van der Waals surface area (Å²) in [5.41, 5.74) is 6.00. The molecule has 4 amide bonds. The minimum absolute atomic E-state index is 0.108. The molecule has 52 heavy (non-hydrogen) atoms. The minimum atomic E-state index is -1.38. The number of methoxy groups -OCH3 is 1. The molecule has 0 radical (unpaired) electrons. The van der Waals surface area contributed by atoms with E-state index in [-0.39, 0.29) is 59.4 Å². The molecule has 2 aliphatic carbocycles. The number of aliphatic carboxylic acids is 1. The molecule has 0 spiro atoms. The van der Waals surface area contributed by atoms with E-state index in [0.717, 1.165) is 63.7 Å². The Bertz CT molecular complexity index is 1330. The molecular formula is C37H62N8O6S. The van der Waals surface area contributed by atoms with Crippen molar-refractivity contribution in [3.63, 3.8) is 0 Å². The Balaban J connectivity index is 1.25. The van der Waals surface area contributed by atoms with Crippen LogP contribution in [0.25, 0.3) is 0 Å². The monoisotopic (exact) mass is 746 g/mol. The Kier molecular flexibility index (Phi) is 12.5. The van der Waals surface area contributed by atoms with Crippen LogP contribution in [-0.4, -0.2) is 118 Å². The second kappa shape index (κ2) is 16.5. The fraction of sp³-hybridized carbons (Fsp3) is 0.838. The highest BCUT2D eigenvalue weighted by Crippen LogP contribution is 2.45. The van der Waals surface area contributed by atoms with E-state index < -0.39 is 35.5 Å². The van der Waals surface area contributed by atoms with Crippen molar-refractivity contribution in [1.29, 1.82) is 0 Å². The SMILES string of the molecule is COC1CCC(C2NN([C@H]3C[C@H]4C(=O)N[C@@]5(C(=O)O)C[C@H]5/C=C\CCCCC[C@@H](NC(=O)N[C@H](C)C(C)(C)C)C(=O)N4C3)NC2C2NCCS2)CC1. The molecule has 3 saturated heterocycles. The quantitative estimate of drug-likeness (QED) is 0.191. The molecule has 14 nitrogen and oxygen atoms in total. The predicted octanol–water partition coefficient (Wildman–Crippen LogP) is 2.47. The first-order valence-electron chi connectivity index (χ1n) is 19.6. The van der Waals surface area contributed by atoms with E-state index in [1.165, 1.54) is 0 Å². The van der Waals surface area contributed by atoms with Gasteiger partial charge in [0.05, 0.1) is 23.6 Å². The lowest BCUT2D eigenvalue weighted by molar-refractivity contribution is -0.145. The van der Waals surface area contributed by atoms with E-state index in [1.807, 2.05) is 56.7 Å². The van der Waals surface area contributed by atoms with E-state index in [0.29, 0.717) is 25.2 Å². The maximum absolute atomic E-state index is 14.6. The van der Waals surface area contributed by atoms with Crippen LogP contribution in [0.4, 0.5) is 4.79 Å². The second-order valence-corrected chi connectivity index (χ2v) is 18.2. The van der Waals surface area contributed by atoms with Gasteiger partial charge in [-0.1, -0.05) is 45.8 Å². The summed E-state index contributed by atoms with van der Waals surface area (Å²) in [5, 5.41) is 25.1. The second-order valence-electron chi connectivity index (χ2n) is 17.0. The number of carbonyl (C=O) groups excluding carboxylic acids is 3. The van der Waals surface area contributed by atoms with Crippen molar-refractivity contribution in [3.8, 4) is 0 Å². The van der Waals surface area contributed by atoms with Crippen LogP contribution in [0.15, 0.2) is 12.2 Å². The van der Waals surface area contributed by atoms with Crippen LogP contribution in [0.1, 0.15) is 98.3 Å². The number of urea groups is 1. The highest BCUT2D eigenvalue weighted by atomic mass is 32.2. The summed E-state index contributed by atoms with van der Waals surface area (Å²) in [6.45, 7) is 9.28. The van der Waals surface area contributed by atoms with Gasteiger partial charge in [0, 0.05) is 44.0 Å². The number of nitrogens with one attached hydrogen (secondary N) is 6. The predicted molar refractivity (Wildman–Crippen MR) is 200 cm³/mol. The number of amides is 4. The molecule has 0 bridgehead atoms. The molecule has 15 heteroatoms. The fourth-order valence-corrected chi connectivity index (χ4v) is 9.79. The number of ether oxygens (including phenoxy) is 1. The van der Waals surface area contributed by atoms with Crippen LogP contribution in [0, 0.1) is 17.3 Å². The number of thioether (sulfide) groups is 1. The number of carboxylic acids is 1. The molecular weight excluding hydrogens is 685 g/mol. The van der Waals surface area contributed by atoms with Gasteiger partial charge < -0.3 is 36.0 Å². The molecule has 3 unspecified atom stereocenters. The first-order chi connectivity index (χ1) is 24.8. The topological polar surface area (TPSA) is 176 Å². The molecule has 292 valence electrons. The largest absolute Gasteiger partial charge is 0.479 e. The van der Waals surface area contributed by atoms with Gasteiger partial charge in [-0.05, 0) is 76.0 Å². The summed E-state index contributed by atoms with van der Waals surface area (Å²) in [7, 11) is 1.79. The van der Waals surface area contributed by atoms with Crippen LogP contribution >= 0.6 is 11.8 Å². The van der Waals surface area contributed by atoms with Gasteiger partial charge in [0.1, 0.15) is 17.6 Å². The minimum Gasteiger partial charge on any atom is -0.479 e. The molecule has 4 aliphatic heterocycles. The summed E-state index contributed by atoms with van der Waals surface area (Å²) in [4.78, 5) is 56.4. The lowest BCUT2D eigenvalue weighted by atomic mass is 9.80. The van der Waals surface area contributed by atoms with E-state index in [1.54, 1.807) is 12.0 Å². The van der Waals surface area contributed by atoms with Crippen LogP contribution < -0.4 is 32.1 Å². The first kappa shape index (κ1) is 39.3. The average Bonchev–Trinajstić information content (AvgIpc) is 3.56. The highest BCUT2D eigenvalue weighted by molar-refractivity contribution is 8.00. The van der Waals surface area contributed by atoms with E-state index >= 15 is 0 Å². The number of nitrogens with zero attached hydrogens (tertiary/aromatic N) is 2. The van der Waals surface area contributed by atoms with Crippen molar-refractivity contribution in [1.82, 2.24) is 42.1 Å². The number of hydrazine groups is 2. The third-order valence-corrected chi connectivity index (χ3v) is 13.8. The zero-order valence-corrected chi connectivity index (χ0v) is 32.4. The summed E-state index contributed by atoms with van der Waals surface area (Å²) in [6, 6.07) is -2.30. The number of carbonyl (C=O) groups is 4. The van der Waals surface area contributed by atoms with Crippen LogP contribution in [0.2, 0.25) is 0 Å². The van der Waals surface area contributed by atoms with Gasteiger partial charge >= 0.3 is 12.0 Å². The van der Waals surface area contributed by atoms with E-state index in [4.69, 9.17) is 4.74 Å². The first-order valence-corrected chi connectivity index (χ1v) is 20.6. The van der Waals surface area contributed by atoms with Crippen molar-refractivity contribution < 1.29 is 29.0 Å². The Morgan fingerprint density at radius 2 is 1.83 bits per heavy atom. The van der Waals surface area contributed by atoms with E-state index in [9.17, 15) is 24.3 Å². The number of carboxylic acid groups (broad SMARTS) is 1. The maximum Gasteiger partial charge on any atom is 0.330 e. The van der Waals surface area contributed by atoms with Gasteiger partial charge in [-0.15, -0.1) is 11.8 Å². The van der Waals surface area contributed by atoms with Gasteiger partial charge in [0.15, 0.2) is 0 Å². The van der Waals surface area contributed by atoms with Crippen molar-refractivity contribution >= 4 is 35.6 Å². The van der Waals surface area contributed by atoms with Crippen molar-refractivity contribution in [2.45, 2.75) is 152 Å². The van der Waals surface area contributed by atoms with Crippen LogP contribution in [-0.2, 0) is 19.1 Å². The summed E-state index contributed by atoms with van der Waals surface area (Å²) in [6.07, 6.45) is 12.7. The zero-order valence-electron chi connectivity index (χ0n) is 31.6. The number of hydrogen-bond donors (Lipinski definition) is 7. The number of fused-ring (bicyclic) bond motifs is 2. The van der Waals surface area contributed by atoms with Gasteiger partial charge in [-0.3, -0.25) is 9.59 Å². The average molecular weight is 747 g/mol. The molecule has 6 aliphatic rings. The number of hydrogen-bond acceptors (Lipinski definition) is 10. The molecule has 0 aromatic rings. The van der Waals surface area contributed by atoms with Crippen LogP contribution in [0.5, 0.6) is 0 Å². The molecule has 5 fully saturated rings. The van der Waals surface area contributed by atoms with Crippen molar-refractivity contribution in [3.05, 3.63) is 12.2 Å². The van der Waals surface area contributed by atoms with Crippen LogP contribution in [0.3, 0.4) is 0 Å². The molecule has 4 heterocycles. The third kappa shape index (κ3) is 8.75. The standard InChI is InChI=1S/C37H62N8O6S/c1-22(36(2,3)4)39-35(50)40-27-12-10-8-6-7-9-11-24-20-37(24,34(48)49)41-31(46)28-19-25(21-44(28)33(27)47)45-42-29(23-13-15-26(51-5)16-14-23)30(43-45)32-38-17-18-52-32/h9,11,22-30,32,38,42-43H,6-8,10,12-21H2,1-5H3,(H,41,46)(H,48,49)(H2,39,40,50)/b11-9-/t22-,23?,24-,25+,26?,27-,28+,29?,30?,32?,37+/m1/s1. The number of rotatable bonds is 7. The maximum atomic E-state index is 14.6. The smallest absolute Gasteiger partial charge is 0.330 e. The lowest BCUT2D eigenvalue weighted by Crippen LogP contribution is -2.58. The Morgan fingerprint density at radius 1 is 1.08 bits per heavy atom. The van der Waals surface area contributed by atoms with Crippen molar-refractivity contribution in [2.75, 3.05) is 26.0 Å². The van der Waals surface area contributed by atoms with Gasteiger partial charge in [0.25, 0.3) is 0 Å². The molecule has 0 aromatic carbocycles. The van der Waals surface area contributed by atoms with Crippen molar-refractivity contribution in [2.24, 2.45) is 17.3 Å². The lowest BCUT2D eigenvalue weighted by Gasteiger charge is -2.35. The number of allylic oxidation sites excluding steroid dienone is 1. The van der Waals surface area contributed by atoms with Gasteiger partial charge in [0.2, 0.25) is 11.8 Å². The normalized spacial score (nSPS) is 39.0. The van der Waals surface area contributed by atoms with Gasteiger partial charge in [-0.25, -0.2) is 20.4 Å². The molecule has 6 rings (SSSR count). The fourth-order valence-electron chi connectivity index (χ4n) is 8.62. The Hall–Kier alpha value is -2.43. The summed E-state index contributed by atoms with van der Waals surface area (Å²) in [5.74, 6) is -0.661. The highest BCUT2D eigenvalue weighted by Gasteiger charge is 2.61. The summed E-state index contributed by atoms with van der Waals surface area (Å²) < 4.78 is 5.67. The third-order valence-electron chi connectivity index (χ3n) is 12.5. The molecule has 2 saturated carbocycles. The Morgan fingerprint density at radius 3 is 2.50 bits per heavy atom. The Labute approximate surface area is 313 Å². The van der Waals surface area contributed by atoms with E-state index in [2.05, 4.69) is 32.1 Å². The molecule has 9 atom stereocenters.